The molecule has 0 spiro atoms. The van der Waals surface area contributed by atoms with Crippen LogP contribution in [0.5, 0.6) is 5.75 Å². The molecule has 0 bridgehead atoms. The highest BCUT2D eigenvalue weighted by Gasteiger charge is 2.46. The van der Waals surface area contributed by atoms with Crippen molar-refractivity contribution in [2.45, 2.75) is 135 Å². The van der Waals surface area contributed by atoms with Crippen LogP contribution in [0.2, 0.25) is 0 Å². The van der Waals surface area contributed by atoms with Crippen LogP contribution in [0.1, 0.15) is 120 Å². The predicted octanol–water partition coefficient (Wildman–Crippen LogP) is 6.17. The van der Waals surface area contributed by atoms with Crippen LogP contribution in [0.3, 0.4) is 0 Å². The number of likely N-dealkylation sites (tertiary alicyclic amines) is 3. The number of fused-ring (bicyclic) bond motifs is 3. The number of ether oxygens (including phenoxy) is 1. The number of terminal acetylenes is 1. The molecule has 19 nitrogen and oxygen atoms in total. The highest BCUT2D eigenvalue weighted by atomic mass is 16.6. The fourth-order valence-electron chi connectivity index (χ4n) is 11.4. The molecule has 0 aliphatic carbocycles. The van der Waals surface area contributed by atoms with Crippen LogP contribution >= 0.6 is 0 Å². The number of para-hydroxylation sites is 1. The van der Waals surface area contributed by atoms with E-state index in [1.165, 1.54) is 4.90 Å². The van der Waals surface area contributed by atoms with E-state index in [-0.39, 0.29) is 43.9 Å². The molecular weight excluding hydrogens is 965 g/mol. The maximum Gasteiger partial charge on any atom is 0.407 e. The fourth-order valence-corrected chi connectivity index (χ4v) is 11.4. The number of piperidine rings is 2. The Morgan fingerprint density at radius 2 is 1.63 bits per heavy atom. The van der Waals surface area contributed by atoms with Crippen LogP contribution < -0.4 is 20.9 Å². The third kappa shape index (κ3) is 12.0. The first-order valence-corrected chi connectivity index (χ1v) is 26.7. The van der Waals surface area contributed by atoms with E-state index in [2.05, 4.69) is 53.8 Å². The molecule has 0 unspecified atom stereocenters. The predicted molar refractivity (Wildman–Crippen MR) is 288 cm³/mol. The number of carbonyl (C=O) groups excluding carboxylic acids is 4. The molecule has 3 fully saturated rings. The Kier molecular flexibility index (Phi) is 15.8. The van der Waals surface area contributed by atoms with E-state index >= 15 is 0 Å². The normalized spacial score (nSPS) is 20.2. The number of alkyl carbamates (subject to hydrolysis) is 1. The molecule has 5 aromatic rings. The number of aliphatic hydroxyl groups is 1. The first-order chi connectivity index (χ1) is 36.3. The number of phenolic OH excluding ortho intramolecular Hbond substituents is 1. The average Bonchev–Trinajstić information content (AvgIpc) is 4.01. The van der Waals surface area contributed by atoms with Gasteiger partial charge in [0.2, 0.25) is 17.8 Å². The molecule has 402 valence electrons. The van der Waals surface area contributed by atoms with Crippen molar-refractivity contribution in [3.05, 3.63) is 94.9 Å². The van der Waals surface area contributed by atoms with Crippen LogP contribution in [-0.2, 0) is 27.3 Å². The summed E-state index contributed by atoms with van der Waals surface area (Å²) in [4.78, 5) is 76.6. The summed E-state index contributed by atoms with van der Waals surface area (Å²) in [6.45, 7) is 15.1. The summed E-state index contributed by atoms with van der Waals surface area (Å²) in [7, 11) is 0. The van der Waals surface area contributed by atoms with E-state index in [4.69, 9.17) is 21.1 Å². The van der Waals surface area contributed by atoms with E-state index < -0.39 is 47.1 Å². The molecule has 3 aromatic heterocycles. The van der Waals surface area contributed by atoms with Crippen molar-refractivity contribution in [1.29, 1.82) is 0 Å². The van der Waals surface area contributed by atoms with Gasteiger partial charge in [0.25, 0.3) is 0 Å². The van der Waals surface area contributed by atoms with Gasteiger partial charge in [0.05, 0.1) is 17.8 Å². The van der Waals surface area contributed by atoms with Crippen LogP contribution in [0, 0.1) is 17.8 Å². The minimum absolute atomic E-state index is 0.0190. The van der Waals surface area contributed by atoms with Gasteiger partial charge in [0.15, 0.2) is 5.65 Å². The minimum Gasteiger partial charge on any atom is -0.507 e. The third-order valence-corrected chi connectivity index (χ3v) is 15.7. The maximum atomic E-state index is 14.8. The van der Waals surface area contributed by atoms with Crippen LogP contribution in [-0.4, -0.2) is 150 Å². The highest BCUT2D eigenvalue weighted by Crippen LogP contribution is 2.39. The molecule has 4 aliphatic heterocycles. The van der Waals surface area contributed by atoms with Crippen molar-refractivity contribution in [1.82, 2.24) is 55.8 Å². The smallest absolute Gasteiger partial charge is 0.407 e. The second-order valence-corrected chi connectivity index (χ2v) is 22.5. The number of benzene rings is 2. The van der Waals surface area contributed by atoms with Crippen molar-refractivity contribution in [3.8, 4) is 29.4 Å². The van der Waals surface area contributed by atoms with Gasteiger partial charge in [-0.3, -0.25) is 9.59 Å². The Hall–Kier alpha value is -7.30. The summed E-state index contributed by atoms with van der Waals surface area (Å²) in [6.07, 6.45) is 12.6. The minimum atomic E-state index is -1.09. The van der Waals surface area contributed by atoms with Crippen LogP contribution in [0.15, 0.2) is 67.0 Å². The molecule has 76 heavy (non-hydrogen) atoms. The van der Waals surface area contributed by atoms with Gasteiger partial charge in [-0.25, -0.2) is 19.6 Å². The summed E-state index contributed by atoms with van der Waals surface area (Å²) in [5.41, 5.74) is 5.29. The van der Waals surface area contributed by atoms with Gasteiger partial charge in [-0.15, -0.1) is 16.6 Å². The Morgan fingerprint density at radius 1 is 0.921 bits per heavy atom. The summed E-state index contributed by atoms with van der Waals surface area (Å²) in [5, 5.41) is 40.0. The van der Waals surface area contributed by atoms with Gasteiger partial charge in [0, 0.05) is 98.3 Å². The highest BCUT2D eigenvalue weighted by molar-refractivity contribution is 5.93. The number of rotatable bonds is 13. The van der Waals surface area contributed by atoms with Crippen LogP contribution in [0.4, 0.5) is 15.5 Å². The number of aromatic amines is 1. The Labute approximate surface area is 444 Å². The number of hydrogen-bond donors (Lipinski definition) is 6. The molecule has 19 heteroatoms. The number of amides is 5. The summed E-state index contributed by atoms with van der Waals surface area (Å²) in [5.74, 6) is 2.85. The lowest BCUT2D eigenvalue weighted by Crippen LogP contribution is -2.61. The monoisotopic (exact) mass is 1040 g/mol. The zero-order valence-electron chi connectivity index (χ0n) is 44.5. The molecule has 0 radical (unpaired) electrons. The number of carbonyl (C=O) groups is 4. The standard InChI is InChI=1S/C57H72N12O7/c1-8-36-13-15-37(16-14-36)31-59-51(72)46-29-41(70)34-69(46)52(73)49(57(6,7)22-23-58-55(75)76-56(3,4)5)63-54(74)67-26-19-40(20-27-67)66-24-17-38(18-25-66)39-32-60-53(61-33-39)68-28-21-44-48(35(68)2)43-30-45(64-65-50(43)62-44)42-11-9-10-12-47(42)71/h1,9-16,30,32-33,35,38,40-41,46,49,70-71H,17-29,31,34H2,2-7H3,(H,58,75)(H,59,72)(H,62,65)(H,63,74)/t35-,41-,46+,49+/m1/s1. The lowest BCUT2D eigenvalue weighted by atomic mass is 9.80. The molecule has 3 saturated heterocycles. The van der Waals surface area contributed by atoms with Crippen molar-refractivity contribution in [2.75, 3.05) is 50.7 Å². The molecule has 6 N–H and O–H groups in total. The summed E-state index contributed by atoms with van der Waals surface area (Å²) in [6, 6.07) is 14.2. The Balaban J connectivity index is 0.795. The van der Waals surface area contributed by atoms with Crippen molar-refractivity contribution in [3.63, 3.8) is 0 Å². The summed E-state index contributed by atoms with van der Waals surface area (Å²) >= 11 is 0. The molecule has 5 amide bonds. The topological polar surface area (TPSA) is 234 Å². The quantitative estimate of drug-likeness (QED) is 0.0726. The van der Waals surface area contributed by atoms with Crippen molar-refractivity contribution in [2.24, 2.45) is 5.41 Å². The van der Waals surface area contributed by atoms with Crippen LogP contribution in [0.25, 0.3) is 22.3 Å². The molecular formula is C57H72N12O7. The first kappa shape index (κ1) is 53.5. The molecule has 0 saturated carbocycles. The number of aliphatic hydroxyl groups excluding tert-OH is 1. The Morgan fingerprint density at radius 3 is 2.32 bits per heavy atom. The number of nitrogens with one attached hydrogen (secondary N) is 4. The second kappa shape index (κ2) is 22.5. The lowest BCUT2D eigenvalue weighted by Gasteiger charge is -2.43. The van der Waals surface area contributed by atoms with Gasteiger partial charge in [-0.2, -0.15) is 0 Å². The number of anilines is 1. The van der Waals surface area contributed by atoms with Gasteiger partial charge in [0.1, 0.15) is 23.4 Å². The number of phenols is 1. The fraction of sp³-hybridized carbons (Fsp3) is 0.509. The molecule has 4 atom stereocenters. The largest absolute Gasteiger partial charge is 0.507 e. The van der Waals surface area contributed by atoms with Gasteiger partial charge in [-0.05, 0) is 126 Å². The zero-order chi connectivity index (χ0) is 53.9. The molecule has 2 aromatic carbocycles. The summed E-state index contributed by atoms with van der Waals surface area (Å²) < 4.78 is 5.44. The van der Waals surface area contributed by atoms with E-state index in [0.717, 1.165) is 85.2 Å². The number of H-pyrrole nitrogens is 1. The van der Waals surface area contributed by atoms with E-state index in [0.29, 0.717) is 54.2 Å². The van der Waals surface area contributed by atoms with Gasteiger partial charge >= 0.3 is 12.1 Å². The second-order valence-electron chi connectivity index (χ2n) is 22.5. The Bertz CT molecular complexity index is 2930. The molecule has 7 heterocycles. The van der Waals surface area contributed by atoms with Crippen molar-refractivity contribution < 1.29 is 34.1 Å². The molecule has 9 rings (SSSR count). The van der Waals surface area contributed by atoms with E-state index in [1.54, 1.807) is 49.9 Å². The first-order valence-electron chi connectivity index (χ1n) is 26.7. The number of aromatic hydroxyl groups is 1. The maximum absolute atomic E-state index is 14.8. The number of hydrogen-bond acceptors (Lipinski definition) is 13. The number of nitrogens with zero attached hydrogens (tertiary/aromatic N) is 8. The lowest BCUT2D eigenvalue weighted by molar-refractivity contribution is -0.142. The number of aromatic nitrogens is 5. The van der Waals surface area contributed by atoms with Gasteiger partial charge < -0.3 is 55.5 Å². The zero-order valence-corrected chi connectivity index (χ0v) is 44.5. The average molecular weight is 1040 g/mol. The number of β-amino-alcohol motifs (C(OH)–C–C–N with tert-alkyl or cyclic N) is 1. The SMILES string of the molecule is C#Cc1ccc(CNC(=O)[C@@H]2C[C@@H](O)CN2C(=O)[C@H](NC(=O)N2CCC(N3CCC(c4cnc(N5CCc6[nH]c7nnc(-c8ccccc8O)cc7c6[C@H]5C)nc4)CC3)CC2)C(C)(C)CCNC(=O)OC(C)(C)C)cc1. The third-order valence-electron chi connectivity index (χ3n) is 15.7. The van der Waals surface area contributed by atoms with E-state index in [1.807, 2.05) is 56.6 Å². The molecule has 4 aliphatic rings. The van der Waals surface area contributed by atoms with Gasteiger partial charge in [-0.1, -0.05) is 44.0 Å². The van der Waals surface area contributed by atoms with Crippen molar-refractivity contribution >= 4 is 40.9 Å². The number of urea groups is 1. The van der Waals surface area contributed by atoms with E-state index in [9.17, 15) is 29.4 Å².